The summed E-state index contributed by atoms with van der Waals surface area (Å²) in [4.78, 5) is -0.266. The van der Waals surface area contributed by atoms with Gasteiger partial charge in [0.15, 0.2) is 0 Å². The van der Waals surface area contributed by atoms with Crippen molar-refractivity contribution in [1.29, 1.82) is 0 Å². The van der Waals surface area contributed by atoms with Gasteiger partial charge in [0.05, 0.1) is 11.7 Å². The molecule has 0 radical (unpaired) electrons. The number of hydrogen-bond acceptors (Lipinski definition) is 4. The largest absolute Gasteiger partial charge is 0.248 e. The first kappa shape index (κ1) is 14.8. The number of sulfonamides is 1. The number of aromatic nitrogens is 3. The van der Waals surface area contributed by atoms with Crippen molar-refractivity contribution in [3.63, 3.8) is 0 Å². The van der Waals surface area contributed by atoms with Crippen LogP contribution >= 0.6 is 0 Å². The zero-order chi connectivity index (χ0) is 16.0. The highest BCUT2D eigenvalue weighted by molar-refractivity contribution is 7.89. The highest BCUT2D eigenvalue weighted by Gasteiger charge is 2.36. The van der Waals surface area contributed by atoms with E-state index in [2.05, 4.69) is 10.3 Å². The zero-order valence-corrected chi connectivity index (χ0v) is 13.3. The lowest BCUT2D eigenvalue weighted by Gasteiger charge is -2.17. The lowest BCUT2D eigenvalue weighted by atomic mass is 10.2. The van der Waals surface area contributed by atoms with Crippen LogP contribution in [-0.4, -0.2) is 40.8 Å². The number of rotatable bonds is 4. The molecular formula is C15H17FN4O2S. The lowest BCUT2D eigenvalue weighted by molar-refractivity contribution is 0.425. The molecule has 2 fully saturated rings. The first-order chi connectivity index (χ1) is 11.1. The summed E-state index contributed by atoms with van der Waals surface area (Å²) in [6.07, 6.45) is 4.87. The molecule has 1 aliphatic heterocycles. The molecule has 2 aliphatic rings. The van der Waals surface area contributed by atoms with Gasteiger partial charge >= 0.3 is 0 Å². The van der Waals surface area contributed by atoms with E-state index in [4.69, 9.17) is 0 Å². The van der Waals surface area contributed by atoms with E-state index in [0.717, 1.165) is 18.5 Å². The van der Waals surface area contributed by atoms with Gasteiger partial charge in [-0.05, 0) is 31.4 Å². The van der Waals surface area contributed by atoms with Crippen LogP contribution in [0.5, 0.6) is 0 Å². The van der Waals surface area contributed by atoms with Gasteiger partial charge in [0, 0.05) is 25.2 Å². The molecule has 4 rings (SSSR count). The fourth-order valence-electron chi connectivity index (χ4n) is 2.97. The molecule has 6 nitrogen and oxygen atoms in total. The van der Waals surface area contributed by atoms with E-state index in [1.165, 1.54) is 28.6 Å². The topological polar surface area (TPSA) is 68.1 Å². The van der Waals surface area contributed by atoms with Gasteiger partial charge in [-0.15, -0.1) is 5.10 Å². The van der Waals surface area contributed by atoms with E-state index in [0.29, 0.717) is 25.4 Å². The predicted octanol–water partition coefficient (Wildman–Crippen LogP) is 1.93. The second-order valence-electron chi connectivity index (χ2n) is 6.13. The minimum atomic E-state index is -3.81. The van der Waals surface area contributed by atoms with E-state index in [1.807, 2.05) is 6.20 Å². The van der Waals surface area contributed by atoms with Crippen molar-refractivity contribution in [2.24, 2.45) is 0 Å². The summed E-state index contributed by atoms with van der Waals surface area (Å²) < 4.78 is 42.1. The Bertz CT molecular complexity index is 832. The molecule has 0 bridgehead atoms. The fraction of sp³-hybridized carbons (Fsp3) is 0.467. The van der Waals surface area contributed by atoms with Crippen molar-refractivity contribution in [1.82, 2.24) is 19.3 Å². The van der Waals surface area contributed by atoms with Crippen LogP contribution in [0.3, 0.4) is 0 Å². The Hall–Kier alpha value is -1.80. The van der Waals surface area contributed by atoms with Gasteiger partial charge < -0.3 is 0 Å². The maximum Gasteiger partial charge on any atom is 0.246 e. The highest BCUT2D eigenvalue weighted by atomic mass is 32.2. The summed E-state index contributed by atoms with van der Waals surface area (Å²) in [6.45, 7) is 0.657. The Balaban J connectivity index is 1.54. The van der Waals surface area contributed by atoms with Gasteiger partial charge in [-0.1, -0.05) is 17.3 Å². The predicted molar refractivity (Wildman–Crippen MR) is 80.8 cm³/mol. The van der Waals surface area contributed by atoms with Crippen molar-refractivity contribution < 1.29 is 12.8 Å². The maximum atomic E-state index is 13.8. The Kier molecular flexibility index (Phi) is 3.46. The minimum absolute atomic E-state index is 0.0449. The van der Waals surface area contributed by atoms with E-state index >= 15 is 0 Å². The normalized spacial score (nSPS) is 22.6. The van der Waals surface area contributed by atoms with Crippen molar-refractivity contribution in [3.8, 4) is 0 Å². The van der Waals surface area contributed by atoms with Crippen LogP contribution < -0.4 is 0 Å². The van der Waals surface area contributed by atoms with Gasteiger partial charge in [-0.3, -0.25) is 0 Å². The van der Waals surface area contributed by atoms with Gasteiger partial charge in [0.25, 0.3) is 0 Å². The molecule has 1 saturated heterocycles. The maximum absolute atomic E-state index is 13.8. The minimum Gasteiger partial charge on any atom is -0.248 e. The van der Waals surface area contributed by atoms with E-state index in [1.54, 1.807) is 4.68 Å². The third-order valence-electron chi connectivity index (χ3n) is 4.48. The van der Waals surface area contributed by atoms with Crippen LogP contribution in [0.4, 0.5) is 4.39 Å². The molecule has 8 heteroatoms. The number of nitrogens with zero attached hydrogens (tertiary/aromatic N) is 4. The average Bonchev–Trinajstić information content (AvgIpc) is 3.07. The quantitative estimate of drug-likeness (QED) is 0.855. The first-order valence-corrected chi connectivity index (χ1v) is 9.16. The molecule has 1 aliphatic carbocycles. The molecule has 1 aromatic carbocycles. The smallest absolute Gasteiger partial charge is 0.246 e. The molecule has 1 atom stereocenters. The molecule has 0 unspecified atom stereocenters. The fourth-order valence-corrected chi connectivity index (χ4v) is 4.53. The second kappa shape index (κ2) is 5.38. The summed E-state index contributed by atoms with van der Waals surface area (Å²) in [6, 6.07) is 5.44. The summed E-state index contributed by atoms with van der Waals surface area (Å²) >= 11 is 0. The van der Waals surface area contributed by atoms with Crippen LogP contribution in [0.1, 0.15) is 36.9 Å². The van der Waals surface area contributed by atoms with Crippen molar-refractivity contribution in [3.05, 3.63) is 42.0 Å². The monoisotopic (exact) mass is 336 g/mol. The van der Waals surface area contributed by atoms with Crippen LogP contribution in [0.15, 0.2) is 35.4 Å². The third-order valence-corrected chi connectivity index (χ3v) is 6.38. The van der Waals surface area contributed by atoms with Gasteiger partial charge in [0.1, 0.15) is 10.7 Å². The SMILES string of the molecule is O=S(=O)(c1ccccc1F)N1CC[C@@H](n2cc(C3CC3)nn2)C1. The van der Waals surface area contributed by atoms with E-state index in [9.17, 15) is 12.8 Å². The summed E-state index contributed by atoms with van der Waals surface area (Å²) in [5, 5.41) is 8.30. The van der Waals surface area contributed by atoms with E-state index < -0.39 is 15.8 Å². The van der Waals surface area contributed by atoms with Gasteiger partial charge in [-0.25, -0.2) is 17.5 Å². The van der Waals surface area contributed by atoms with Gasteiger partial charge in [-0.2, -0.15) is 4.31 Å². The van der Waals surface area contributed by atoms with Crippen LogP contribution in [-0.2, 0) is 10.0 Å². The molecule has 122 valence electrons. The van der Waals surface area contributed by atoms with Crippen molar-refractivity contribution in [2.45, 2.75) is 36.1 Å². The van der Waals surface area contributed by atoms with E-state index in [-0.39, 0.29) is 10.9 Å². The highest BCUT2D eigenvalue weighted by Crippen LogP contribution is 2.39. The Morgan fingerprint density at radius 1 is 1.17 bits per heavy atom. The molecule has 0 spiro atoms. The summed E-state index contributed by atoms with van der Waals surface area (Å²) in [7, 11) is -3.81. The molecule has 23 heavy (non-hydrogen) atoms. The molecule has 2 heterocycles. The number of benzene rings is 1. The molecule has 1 saturated carbocycles. The molecule has 2 aromatic rings. The van der Waals surface area contributed by atoms with Crippen LogP contribution in [0, 0.1) is 5.82 Å². The Morgan fingerprint density at radius 2 is 1.96 bits per heavy atom. The number of halogens is 1. The summed E-state index contributed by atoms with van der Waals surface area (Å²) in [5.41, 5.74) is 0.986. The van der Waals surface area contributed by atoms with Crippen molar-refractivity contribution >= 4 is 10.0 Å². The molecule has 1 aromatic heterocycles. The second-order valence-corrected chi connectivity index (χ2v) is 8.04. The molecule has 0 amide bonds. The Morgan fingerprint density at radius 3 is 2.70 bits per heavy atom. The average molecular weight is 336 g/mol. The number of hydrogen-bond donors (Lipinski definition) is 0. The van der Waals surface area contributed by atoms with Crippen LogP contribution in [0.2, 0.25) is 0 Å². The lowest BCUT2D eigenvalue weighted by Crippen LogP contribution is -2.30. The molecular weight excluding hydrogens is 319 g/mol. The Labute approximate surface area is 134 Å². The first-order valence-electron chi connectivity index (χ1n) is 7.72. The zero-order valence-electron chi connectivity index (χ0n) is 12.5. The van der Waals surface area contributed by atoms with Crippen molar-refractivity contribution in [2.75, 3.05) is 13.1 Å². The third kappa shape index (κ3) is 2.66. The summed E-state index contributed by atoms with van der Waals surface area (Å²) in [5.74, 6) is -0.198. The van der Waals surface area contributed by atoms with Gasteiger partial charge in [0.2, 0.25) is 10.0 Å². The van der Waals surface area contributed by atoms with Crippen LogP contribution in [0.25, 0.3) is 0 Å². The molecule has 0 N–H and O–H groups in total. The standard InChI is InChI=1S/C15H17FN4O2S/c16-13-3-1-2-4-15(13)23(21,22)19-8-7-12(9-19)20-10-14(17-18-20)11-5-6-11/h1-4,10-12H,5-9H2/t12-/m1/s1.